The zero-order chi connectivity index (χ0) is 17.3. The van der Waals surface area contributed by atoms with Crippen molar-refractivity contribution in [1.29, 1.82) is 0 Å². The highest BCUT2D eigenvalue weighted by atomic mass is 16.3. The molecule has 0 rings (SSSR count). The second-order valence-corrected chi connectivity index (χ2v) is 8.22. The molecule has 0 heterocycles. The maximum Gasteiger partial charge on any atom is 0.0531 e. The first-order valence-electron chi connectivity index (χ1n) is 7.33. The summed E-state index contributed by atoms with van der Waals surface area (Å²) in [5, 5.41) is 29.1. The first-order chi connectivity index (χ1) is 9.14. The Bertz CT molecular complexity index is 289. The number of aliphatic hydroxyl groups excluding tert-OH is 3. The summed E-state index contributed by atoms with van der Waals surface area (Å²) >= 11 is 0. The summed E-state index contributed by atoms with van der Waals surface area (Å²) in [4.78, 5) is 0. The second kappa shape index (κ2) is 6.10. The van der Waals surface area contributed by atoms with Crippen molar-refractivity contribution in [2.75, 3.05) is 19.8 Å². The van der Waals surface area contributed by atoms with E-state index < -0.39 is 27.4 Å². The summed E-state index contributed by atoms with van der Waals surface area (Å²) in [6.45, 7) is 9.93. The van der Waals surface area contributed by atoms with Gasteiger partial charge in [0.1, 0.15) is 0 Å². The molecule has 0 aliphatic carbocycles. The van der Waals surface area contributed by atoms with Crippen molar-refractivity contribution in [3.63, 3.8) is 0 Å². The minimum atomic E-state index is -1.09. The van der Waals surface area contributed by atoms with Crippen LogP contribution in [0.1, 0.15) is 48.0 Å². The molecule has 0 aliphatic rings. The van der Waals surface area contributed by atoms with E-state index in [1.165, 1.54) is 0 Å². The SMILES string of the molecule is CC(C)(N)C(CC(CO)(CO)CO)(C(C)(C)N)C(C)(C)N. The molecular formula is C15H35N3O3. The van der Waals surface area contributed by atoms with Crippen LogP contribution in [0.15, 0.2) is 0 Å². The van der Waals surface area contributed by atoms with E-state index in [1.54, 1.807) is 0 Å². The number of hydrogen-bond acceptors (Lipinski definition) is 6. The van der Waals surface area contributed by atoms with Crippen molar-refractivity contribution in [3.05, 3.63) is 0 Å². The lowest BCUT2D eigenvalue weighted by Gasteiger charge is -2.62. The van der Waals surface area contributed by atoms with Gasteiger partial charge >= 0.3 is 0 Å². The lowest BCUT2D eigenvalue weighted by atomic mass is 9.48. The minimum Gasteiger partial charge on any atom is -0.396 e. The van der Waals surface area contributed by atoms with Gasteiger partial charge in [0.25, 0.3) is 0 Å². The average molecular weight is 305 g/mol. The monoisotopic (exact) mass is 305 g/mol. The number of rotatable bonds is 8. The van der Waals surface area contributed by atoms with E-state index >= 15 is 0 Å². The molecule has 0 fully saturated rings. The lowest BCUT2D eigenvalue weighted by molar-refractivity contribution is -0.0993. The molecule has 0 aromatic heterocycles. The van der Waals surface area contributed by atoms with Crippen molar-refractivity contribution >= 4 is 0 Å². The summed E-state index contributed by atoms with van der Waals surface area (Å²) in [6.07, 6.45) is 0.208. The maximum absolute atomic E-state index is 9.69. The Labute approximate surface area is 128 Å². The van der Waals surface area contributed by atoms with Gasteiger partial charge in [0, 0.05) is 27.4 Å². The quantitative estimate of drug-likeness (QED) is 0.359. The summed E-state index contributed by atoms with van der Waals surface area (Å²) in [6, 6.07) is 0. The van der Waals surface area contributed by atoms with Gasteiger partial charge in [-0.15, -0.1) is 0 Å². The molecule has 6 nitrogen and oxygen atoms in total. The maximum atomic E-state index is 9.69. The standard InChI is InChI=1S/C15H35N3O3/c1-11(2,16)15(12(3,4)17,13(5,6)18)7-14(8-19,9-20)10-21/h19-21H,7-10,16-18H2,1-6H3. The fourth-order valence-corrected chi connectivity index (χ4v) is 4.05. The van der Waals surface area contributed by atoms with Crippen LogP contribution in [-0.2, 0) is 0 Å². The molecule has 21 heavy (non-hydrogen) atoms. The van der Waals surface area contributed by atoms with Gasteiger partial charge in [-0.2, -0.15) is 0 Å². The summed E-state index contributed by atoms with van der Waals surface area (Å²) in [5.74, 6) is 0. The highest BCUT2D eigenvalue weighted by Crippen LogP contribution is 2.53. The van der Waals surface area contributed by atoms with Crippen molar-refractivity contribution in [2.24, 2.45) is 28.0 Å². The zero-order valence-electron chi connectivity index (χ0n) is 14.4. The molecule has 0 aromatic rings. The molecule has 0 amide bonds. The summed E-state index contributed by atoms with van der Waals surface area (Å²) < 4.78 is 0. The molecule has 0 aromatic carbocycles. The van der Waals surface area contributed by atoms with Crippen LogP contribution < -0.4 is 17.2 Å². The van der Waals surface area contributed by atoms with E-state index in [0.717, 1.165) is 0 Å². The van der Waals surface area contributed by atoms with Gasteiger partial charge in [-0.1, -0.05) is 0 Å². The molecule has 6 heteroatoms. The third kappa shape index (κ3) is 3.57. The summed E-state index contributed by atoms with van der Waals surface area (Å²) in [7, 11) is 0. The number of aliphatic hydroxyl groups is 3. The second-order valence-electron chi connectivity index (χ2n) is 8.22. The molecule has 0 saturated carbocycles. The fraction of sp³-hybridized carbons (Fsp3) is 1.00. The van der Waals surface area contributed by atoms with Crippen LogP contribution in [0.4, 0.5) is 0 Å². The van der Waals surface area contributed by atoms with Crippen LogP contribution in [0.5, 0.6) is 0 Å². The first-order valence-corrected chi connectivity index (χ1v) is 7.33. The highest BCUT2D eigenvalue weighted by molar-refractivity contribution is 5.18. The van der Waals surface area contributed by atoms with E-state index in [-0.39, 0.29) is 26.2 Å². The topological polar surface area (TPSA) is 139 Å². The third-order valence-corrected chi connectivity index (χ3v) is 4.95. The van der Waals surface area contributed by atoms with Gasteiger partial charge in [0.15, 0.2) is 0 Å². The van der Waals surface area contributed by atoms with E-state index in [9.17, 15) is 15.3 Å². The smallest absolute Gasteiger partial charge is 0.0531 e. The molecule has 0 unspecified atom stereocenters. The Hall–Kier alpha value is -0.240. The molecule has 0 atom stereocenters. The Morgan fingerprint density at radius 2 is 0.857 bits per heavy atom. The van der Waals surface area contributed by atoms with Crippen LogP contribution in [0.3, 0.4) is 0 Å². The van der Waals surface area contributed by atoms with E-state index in [0.29, 0.717) is 0 Å². The van der Waals surface area contributed by atoms with Gasteiger partial charge < -0.3 is 32.5 Å². The Balaban J connectivity index is 6.31. The van der Waals surface area contributed by atoms with Gasteiger partial charge in [-0.3, -0.25) is 0 Å². The Kier molecular flexibility index (Phi) is 6.03. The zero-order valence-corrected chi connectivity index (χ0v) is 14.4. The molecule has 0 aliphatic heterocycles. The number of nitrogens with two attached hydrogens (primary N) is 3. The third-order valence-electron chi connectivity index (χ3n) is 4.95. The highest BCUT2D eigenvalue weighted by Gasteiger charge is 2.61. The van der Waals surface area contributed by atoms with Gasteiger partial charge in [0.2, 0.25) is 0 Å². The van der Waals surface area contributed by atoms with Crippen LogP contribution in [0, 0.1) is 10.8 Å². The molecule has 0 bridgehead atoms. The van der Waals surface area contributed by atoms with Gasteiger partial charge in [-0.05, 0) is 48.0 Å². The average Bonchev–Trinajstić information content (AvgIpc) is 2.26. The van der Waals surface area contributed by atoms with Crippen molar-refractivity contribution < 1.29 is 15.3 Å². The van der Waals surface area contributed by atoms with Crippen LogP contribution in [-0.4, -0.2) is 51.8 Å². The van der Waals surface area contributed by atoms with Gasteiger partial charge in [0.05, 0.1) is 19.8 Å². The molecule has 0 saturated heterocycles. The molecule has 128 valence electrons. The van der Waals surface area contributed by atoms with Crippen LogP contribution >= 0.6 is 0 Å². The van der Waals surface area contributed by atoms with E-state index in [2.05, 4.69) is 0 Å². The largest absolute Gasteiger partial charge is 0.396 e. The number of hydrogen-bond donors (Lipinski definition) is 6. The molecule has 0 radical (unpaired) electrons. The lowest BCUT2D eigenvalue weighted by Crippen LogP contribution is -2.76. The normalized spacial score (nSPS) is 15.4. The summed E-state index contributed by atoms with van der Waals surface area (Å²) in [5.41, 5.74) is 15.0. The predicted molar refractivity (Wildman–Crippen MR) is 85.5 cm³/mol. The fourth-order valence-electron chi connectivity index (χ4n) is 4.05. The van der Waals surface area contributed by atoms with Crippen molar-refractivity contribution in [1.82, 2.24) is 0 Å². The van der Waals surface area contributed by atoms with Crippen LogP contribution in [0.25, 0.3) is 0 Å². The predicted octanol–water partition coefficient (Wildman–Crippen LogP) is -0.462. The molecular weight excluding hydrogens is 270 g/mol. The van der Waals surface area contributed by atoms with E-state index in [1.807, 2.05) is 41.5 Å². The molecule has 0 spiro atoms. The van der Waals surface area contributed by atoms with Crippen molar-refractivity contribution in [2.45, 2.75) is 64.6 Å². The Morgan fingerprint density at radius 1 is 0.619 bits per heavy atom. The minimum absolute atomic E-state index is 0.208. The van der Waals surface area contributed by atoms with Crippen molar-refractivity contribution in [3.8, 4) is 0 Å². The first kappa shape index (κ1) is 20.8. The van der Waals surface area contributed by atoms with Crippen LogP contribution in [0.2, 0.25) is 0 Å². The van der Waals surface area contributed by atoms with E-state index in [4.69, 9.17) is 17.2 Å². The molecule has 9 N–H and O–H groups in total. The van der Waals surface area contributed by atoms with Gasteiger partial charge in [-0.25, -0.2) is 0 Å². The Morgan fingerprint density at radius 3 is 1.00 bits per heavy atom.